The molecule has 2 amide bonds. The Hall–Kier alpha value is -2.97. The van der Waals surface area contributed by atoms with Crippen LogP contribution in [0.15, 0.2) is 43.5 Å². The van der Waals surface area contributed by atoms with E-state index in [0.717, 1.165) is 36.1 Å². The molecule has 2 bridgehead atoms. The van der Waals surface area contributed by atoms with Crippen LogP contribution in [0.5, 0.6) is 0 Å². The molecule has 3 saturated heterocycles. The van der Waals surface area contributed by atoms with Gasteiger partial charge in [0.2, 0.25) is 5.91 Å². The first kappa shape index (κ1) is 32.0. The fourth-order valence-corrected chi connectivity index (χ4v) is 7.43. The standard InChI is InChI=1S/C34H48N2O6/c1-6-9-14-22-41-32(40)28-27-30(38)36(20-12-10-11-13-21-37)29(34(27)18-17-33(28,8-3)42-34)31(39)35(19-7-2)26-23-24(4)15-16-25(26)5/h6-7,15-16,23,27-29,37H,1-2,8-14,17-22H2,3-5H3/t27-,28-,29?,33+,34?/m0/s1. The van der Waals surface area contributed by atoms with Crippen LogP contribution in [0.2, 0.25) is 0 Å². The van der Waals surface area contributed by atoms with E-state index in [0.29, 0.717) is 45.1 Å². The van der Waals surface area contributed by atoms with Crippen molar-refractivity contribution in [3.63, 3.8) is 0 Å². The number of carbonyl (C=O) groups is 3. The van der Waals surface area contributed by atoms with Crippen molar-refractivity contribution in [1.82, 2.24) is 4.90 Å². The second kappa shape index (κ2) is 13.6. The van der Waals surface area contributed by atoms with Crippen LogP contribution in [0.25, 0.3) is 0 Å². The topological polar surface area (TPSA) is 96.4 Å². The number of benzene rings is 1. The van der Waals surface area contributed by atoms with E-state index in [1.165, 1.54) is 0 Å². The number of nitrogens with zero attached hydrogens (tertiary/aromatic N) is 2. The van der Waals surface area contributed by atoms with Crippen LogP contribution >= 0.6 is 0 Å². The summed E-state index contributed by atoms with van der Waals surface area (Å²) in [5.74, 6) is -2.33. The number of aryl methyl sites for hydroxylation is 2. The zero-order valence-corrected chi connectivity index (χ0v) is 25.6. The van der Waals surface area contributed by atoms with Crippen molar-refractivity contribution in [2.75, 3.05) is 31.2 Å². The van der Waals surface area contributed by atoms with Crippen LogP contribution < -0.4 is 4.90 Å². The van der Waals surface area contributed by atoms with E-state index in [1.54, 1.807) is 22.0 Å². The summed E-state index contributed by atoms with van der Waals surface area (Å²) < 4.78 is 12.6. The Balaban J connectivity index is 1.74. The molecular weight excluding hydrogens is 532 g/mol. The zero-order valence-electron chi connectivity index (χ0n) is 25.6. The summed E-state index contributed by atoms with van der Waals surface area (Å²) in [7, 11) is 0. The largest absolute Gasteiger partial charge is 0.465 e. The van der Waals surface area contributed by atoms with Crippen LogP contribution in [-0.4, -0.2) is 71.3 Å². The Morgan fingerprint density at radius 1 is 1.14 bits per heavy atom. The lowest BCUT2D eigenvalue weighted by Crippen LogP contribution is -2.56. The van der Waals surface area contributed by atoms with E-state index in [9.17, 15) is 19.5 Å². The van der Waals surface area contributed by atoms with Crippen LogP contribution in [0.4, 0.5) is 5.69 Å². The van der Waals surface area contributed by atoms with Crippen molar-refractivity contribution in [2.45, 2.75) is 95.8 Å². The summed E-state index contributed by atoms with van der Waals surface area (Å²) in [6.45, 7) is 14.7. The summed E-state index contributed by atoms with van der Waals surface area (Å²) in [5.41, 5.74) is 0.832. The third kappa shape index (κ3) is 5.68. The lowest BCUT2D eigenvalue weighted by molar-refractivity contribution is -0.161. The monoisotopic (exact) mass is 580 g/mol. The zero-order chi connectivity index (χ0) is 30.5. The van der Waals surface area contributed by atoms with Gasteiger partial charge in [0, 0.05) is 25.4 Å². The van der Waals surface area contributed by atoms with Crippen LogP contribution in [-0.2, 0) is 23.9 Å². The van der Waals surface area contributed by atoms with Gasteiger partial charge in [-0.15, -0.1) is 13.2 Å². The van der Waals surface area contributed by atoms with Crippen molar-refractivity contribution in [3.8, 4) is 0 Å². The molecule has 5 atom stereocenters. The summed E-state index contributed by atoms with van der Waals surface area (Å²) in [4.78, 5) is 46.2. The van der Waals surface area contributed by atoms with E-state index in [-0.39, 0.29) is 31.6 Å². The van der Waals surface area contributed by atoms with E-state index >= 15 is 0 Å². The molecular formula is C34H48N2O6. The predicted molar refractivity (Wildman–Crippen MR) is 163 cm³/mol. The SMILES string of the molecule is C=CCCCOC(=O)[C@@H]1[C@H]2C(=O)N(CCCCCCO)C(C(=O)N(CC=C)c3cc(C)ccc3C)C23CC[C@@]1(CC)O3. The molecule has 0 radical (unpaired) electrons. The molecule has 42 heavy (non-hydrogen) atoms. The summed E-state index contributed by atoms with van der Waals surface area (Å²) in [6.07, 6.45) is 9.63. The fourth-order valence-electron chi connectivity index (χ4n) is 7.43. The molecule has 8 nitrogen and oxygen atoms in total. The number of likely N-dealkylation sites (tertiary alicyclic amines) is 1. The third-order valence-electron chi connectivity index (χ3n) is 9.51. The van der Waals surface area contributed by atoms with E-state index in [2.05, 4.69) is 13.2 Å². The molecule has 1 aromatic carbocycles. The molecule has 0 aromatic heterocycles. The van der Waals surface area contributed by atoms with Crippen LogP contribution in [0.1, 0.15) is 75.8 Å². The number of aliphatic hydroxyl groups is 1. The minimum Gasteiger partial charge on any atom is -0.465 e. The third-order valence-corrected chi connectivity index (χ3v) is 9.51. The van der Waals surface area contributed by atoms with Gasteiger partial charge in [0.25, 0.3) is 5.91 Å². The van der Waals surface area contributed by atoms with Gasteiger partial charge in [-0.1, -0.05) is 44.1 Å². The molecule has 1 aromatic rings. The lowest BCUT2D eigenvalue weighted by atomic mass is 9.65. The molecule has 0 aliphatic carbocycles. The number of hydrogen-bond donors (Lipinski definition) is 1. The van der Waals surface area contributed by atoms with Gasteiger partial charge in [-0.25, -0.2) is 0 Å². The quantitative estimate of drug-likeness (QED) is 0.167. The van der Waals surface area contributed by atoms with E-state index < -0.39 is 35.0 Å². The van der Waals surface area contributed by atoms with E-state index in [1.807, 2.05) is 39.0 Å². The number of anilines is 1. The molecule has 2 unspecified atom stereocenters. The minimum absolute atomic E-state index is 0.130. The first-order chi connectivity index (χ1) is 20.2. The number of ether oxygens (including phenoxy) is 2. The number of esters is 1. The molecule has 3 aliphatic rings. The van der Waals surface area contributed by atoms with Gasteiger partial charge in [0.15, 0.2) is 0 Å². The van der Waals surface area contributed by atoms with Crippen LogP contribution in [0, 0.1) is 25.7 Å². The number of aliphatic hydroxyl groups excluding tert-OH is 1. The molecule has 230 valence electrons. The van der Waals surface area contributed by atoms with Crippen molar-refractivity contribution in [1.29, 1.82) is 0 Å². The summed E-state index contributed by atoms with van der Waals surface area (Å²) in [5, 5.41) is 9.21. The summed E-state index contributed by atoms with van der Waals surface area (Å²) >= 11 is 0. The number of fused-ring (bicyclic) bond motifs is 1. The van der Waals surface area contributed by atoms with Gasteiger partial charge in [-0.3, -0.25) is 14.4 Å². The molecule has 3 fully saturated rings. The molecule has 3 heterocycles. The van der Waals surface area contributed by atoms with Gasteiger partial charge >= 0.3 is 5.97 Å². The fraction of sp³-hybridized carbons (Fsp3) is 0.618. The smallest absolute Gasteiger partial charge is 0.312 e. The van der Waals surface area contributed by atoms with Crippen molar-refractivity contribution in [2.24, 2.45) is 11.8 Å². The Kier molecular flexibility index (Phi) is 10.3. The summed E-state index contributed by atoms with van der Waals surface area (Å²) in [6, 6.07) is 5.14. The lowest BCUT2D eigenvalue weighted by Gasteiger charge is -2.37. The first-order valence-corrected chi connectivity index (χ1v) is 15.6. The van der Waals surface area contributed by atoms with Gasteiger partial charge in [0.05, 0.1) is 18.1 Å². The first-order valence-electron chi connectivity index (χ1n) is 15.6. The van der Waals surface area contributed by atoms with Crippen molar-refractivity contribution >= 4 is 23.5 Å². The molecule has 4 rings (SSSR count). The van der Waals surface area contributed by atoms with E-state index in [4.69, 9.17) is 9.47 Å². The number of allylic oxidation sites excluding steroid dienone is 1. The number of rotatable bonds is 16. The van der Waals surface area contributed by atoms with Crippen LogP contribution in [0.3, 0.4) is 0 Å². The molecule has 8 heteroatoms. The number of carbonyl (C=O) groups excluding carboxylic acids is 3. The molecule has 3 aliphatic heterocycles. The number of unbranched alkanes of at least 4 members (excludes halogenated alkanes) is 4. The maximum Gasteiger partial charge on any atom is 0.312 e. The van der Waals surface area contributed by atoms with Gasteiger partial charge in [-0.05, 0) is 76.0 Å². The Bertz CT molecular complexity index is 1180. The van der Waals surface area contributed by atoms with Gasteiger partial charge in [0.1, 0.15) is 17.6 Å². The van der Waals surface area contributed by atoms with Crippen molar-refractivity contribution in [3.05, 3.63) is 54.6 Å². The highest BCUT2D eigenvalue weighted by Gasteiger charge is 2.79. The second-order valence-electron chi connectivity index (χ2n) is 12.1. The average Bonchev–Trinajstić information content (AvgIpc) is 3.58. The minimum atomic E-state index is -1.10. The maximum absolute atomic E-state index is 14.8. The maximum atomic E-state index is 14.8. The average molecular weight is 581 g/mol. The number of hydrogen-bond acceptors (Lipinski definition) is 6. The van der Waals surface area contributed by atoms with Gasteiger partial charge < -0.3 is 24.4 Å². The highest BCUT2D eigenvalue weighted by atomic mass is 16.6. The Morgan fingerprint density at radius 2 is 1.90 bits per heavy atom. The molecule has 1 spiro atoms. The highest BCUT2D eigenvalue weighted by Crippen LogP contribution is 2.64. The number of amides is 2. The predicted octanol–water partition coefficient (Wildman–Crippen LogP) is 5.04. The second-order valence-corrected chi connectivity index (χ2v) is 12.1. The normalized spacial score (nSPS) is 27.7. The highest BCUT2D eigenvalue weighted by molar-refractivity contribution is 6.05. The Morgan fingerprint density at radius 3 is 2.60 bits per heavy atom. The Labute approximate surface area is 250 Å². The molecule has 0 saturated carbocycles. The molecule has 1 N–H and O–H groups in total. The van der Waals surface area contributed by atoms with Crippen molar-refractivity contribution < 1.29 is 29.0 Å². The van der Waals surface area contributed by atoms with Gasteiger partial charge in [-0.2, -0.15) is 0 Å².